The zero-order valence-electron chi connectivity index (χ0n) is 10.0. The average Bonchev–Trinajstić information content (AvgIpc) is 2.37. The van der Waals surface area contributed by atoms with E-state index in [1.165, 1.54) is 5.39 Å². The lowest BCUT2D eigenvalue weighted by Crippen LogP contribution is -2.15. The number of rotatable bonds is 4. The zero-order chi connectivity index (χ0) is 12.3. The van der Waals surface area contributed by atoms with E-state index >= 15 is 0 Å². The summed E-state index contributed by atoms with van der Waals surface area (Å²) < 4.78 is 5.20. The van der Waals surface area contributed by atoms with Crippen molar-refractivity contribution in [1.29, 1.82) is 0 Å². The van der Waals surface area contributed by atoms with Gasteiger partial charge >= 0.3 is 0 Å². The second-order valence-electron chi connectivity index (χ2n) is 4.16. The minimum Gasteiger partial charge on any atom is -0.497 e. The lowest BCUT2D eigenvalue weighted by Gasteiger charge is -2.12. The van der Waals surface area contributed by atoms with E-state index < -0.39 is 0 Å². The van der Waals surface area contributed by atoms with Gasteiger partial charge in [0.1, 0.15) is 5.75 Å². The Hall–Kier alpha value is -1.58. The van der Waals surface area contributed by atoms with Crippen molar-refractivity contribution in [2.24, 2.45) is 11.5 Å². The molecule has 0 bridgehead atoms. The largest absolute Gasteiger partial charge is 0.497 e. The minimum absolute atomic E-state index is 0.0199. The molecule has 0 aromatic heterocycles. The predicted octanol–water partition coefficient (Wildman–Crippen LogP) is 2.20. The van der Waals surface area contributed by atoms with Crippen LogP contribution in [0.3, 0.4) is 0 Å². The van der Waals surface area contributed by atoms with Crippen LogP contribution < -0.4 is 16.2 Å². The number of hydrogen-bond donors (Lipinski definition) is 2. The molecule has 0 aliphatic rings. The molecule has 0 aliphatic carbocycles. The van der Waals surface area contributed by atoms with Gasteiger partial charge in [-0.05, 0) is 47.5 Å². The van der Waals surface area contributed by atoms with Crippen LogP contribution >= 0.6 is 0 Å². The van der Waals surface area contributed by atoms with Gasteiger partial charge in [-0.1, -0.05) is 18.2 Å². The van der Waals surface area contributed by atoms with Crippen LogP contribution in [-0.2, 0) is 0 Å². The molecule has 2 aromatic carbocycles. The Labute approximate surface area is 101 Å². The molecule has 3 heteroatoms. The van der Waals surface area contributed by atoms with Crippen LogP contribution in [0.5, 0.6) is 5.75 Å². The van der Waals surface area contributed by atoms with Crippen LogP contribution in [0.1, 0.15) is 18.0 Å². The molecule has 0 unspecified atom stereocenters. The molecular weight excluding hydrogens is 212 g/mol. The number of fused-ring (bicyclic) bond motifs is 1. The fraction of sp³-hybridized carbons (Fsp3) is 0.286. The monoisotopic (exact) mass is 230 g/mol. The second-order valence-corrected chi connectivity index (χ2v) is 4.16. The summed E-state index contributed by atoms with van der Waals surface area (Å²) in [4.78, 5) is 0. The van der Waals surface area contributed by atoms with E-state index in [1.807, 2.05) is 18.2 Å². The summed E-state index contributed by atoms with van der Waals surface area (Å²) in [5, 5.41) is 2.34. The number of methoxy groups -OCH3 is 1. The molecular formula is C14H18N2O. The van der Waals surface area contributed by atoms with Gasteiger partial charge in [-0.15, -0.1) is 0 Å². The SMILES string of the molecule is COc1ccc2cc([C@@H](N)CCN)ccc2c1. The highest BCUT2D eigenvalue weighted by Crippen LogP contribution is 2.24. The molecule has 0 radical (unpaired) electrons. The molecule has 3 nitrogen and oxygen atoms in total. The van der Waals surface area contributed by atoms with E-state index in [0.717, 1.165) is 23.1 Å². The molecule has 0 heterocycles. The fourth-order valence-electron chi connectivity index (χ4n) is 1.95. The van der Waals surface area contributed by atoms with E-state index in [1.54, 1.807) is 7.11 Å². The van der Waals surface area contributed by atoms with Gasteiger partial charge in [0.15, 0.2) is 0 Å². The molecule has 1 atom stereocenters. The van der Waals surface area contributed by atoms with Crippen molar-refractivity contribution in [2.75, 3.05) is 13.7 Å². The quantitative estimate of drug-likeness (QED) is 0.846. The summed E-state index contributed by atoms with van der Waals surface area (Å²) in [5.74, 6) is 0.872. The van der Waals surface area contributed by atoms with Gasteiger partial charge < -0.3 is 16.2 Å². The van der Waals surface area contributed by atoms with Crippen molar-refractivity contribution in [3.8, 4) is 5.75 Å². The number of ether oxygens (including phenoxy) is 1. The van der Waals surface area contributed by atoms with Crippen LogP contribution in [0.15, 0.2) is 36.4 Å². The molecule has 2 rings (SSSR count). The summed E-state index contributed by atoms with van der Waals surface area (Å²) in [6.07, 6.45) is 0.807. The highest BCUT2D eigenvalue weighted by atomic mass is 16.5. The van der Waals surface area contributed by atoms with Crippen LogP contribution in [0.2, 0.25) is 0 Å². The number of hydrogen-bond acceptors (Lipinski definition) is 3. The molecule has 4 N–H and O–H groups in total. The maximum atomic E-state index is 6.05. The van der Waals surface area contributed by atoms with E-state index in [9.17, 15) is 0 Å². The van der Waals surface area contributed by atoms with Gasteiger partial charge in [-0.3, -0.25) is 0 Å². The number of nitrogens with two attached hydrogens (primary N) is 2. The normalized spacial score (nSPS) is 12.6. The summed E-state index contributed by atoms with van der Waals surface area (Å²) in [6.45, 7) is 0.613. The summed E-state index contributed by atoms with van der Waals surface area (Å²) in [7, 11) is 1.67. The van der Waals surface area contributed by atoms with E-state index in [4.69, 9.17) is 16.2 Å². The first-order chi connectivity index (χ1) is 8.24. The molecule has 0 aliphatic heterocycles. The first-order valence-electron chi connectivity index (χ1n) is 5.78. The van der Waals surface area contributed by atoms with Crippen molar-refractivity contribution < 1.29 is 4.74 Å². The zero-order valence-corrected chi connectivity index (χ0v) is 10.0. The van der Waals surface area contributed by atoms with Crippen LogP contribution in [0.4, 0.5) is 0 Å². The highest BCUT2D eigenvalue weighted by Gasteiger charge is 2.05. The van der Waals surface area contributed by atoms with E-state index in [0.29, 0.717) is 6.54 Å². The smallest absolute Gasteiger partial charge is 0.119 e. The van der Waals surface area contributed by atoms with Crippen LogP contribution in [0, 0.1) is 0 Å². The van der Waals surface area contributed by atoms with E-state index in [2.05, 4.69) is 18.2 Å². The Morgan fingerprint density at radius 3 is 2.53 bits per heavy atom. The Balaban J connectivity index is 2.37. The van der Waals surface area contributed by atoms with E-state index in [-0.39, 0.29) is 6.04 Å². The Kier molecular flexibility index (Phi) is 3.61. The molecule has 0 spiro atoms. The molecule has 0 amide bonds. The highest BCUT2D eigenvalue weighted by molar-refractivity contribution is 5.84. The second kappa shape index (κ2) is 5.17. The first-order valence-corrected chi connectivity index (χ1v) is 5.78. The van der Waals surface area contributed by atoms with Gasteiger partial charge in [-0.2, -0.15) is 0 Å². The van der Waals surface area contributed by atoms with Crippen molar-refractivity contribution in [3.05, 3.63) is 42.0 Å². The molecule has 0 saturated heterocycles. The molecule has 90 valence electrons. The van der Waals surface area contributed by atoms with Crippen LogP contribution in [-0.4, -0.2) is 13.7 Å². The summed E-state index contributed by atoms with van der Waals surface area (Å²) in [5.41, 5.74) is 12.7. The standard InChI is InChI=1S/C14H18N2O/c1-17-13-5-4-10-8-12(14(16)6-7-15)3-2-11(10)9-13/h2-5,8-9,14H,6-7,15-16H2,1H3/t14-/m0/s1. The third-order valence-corrected chi connectivity index (χ3v) is 2.98. The van der Waals surface area contributed by atoms with Crippen LogP contribution in [0.25, 0.3) is 10.8 Å². The van der Waals surface area contributed by atoms with Crippen molar-refractivity contribution in [1.82, 2.24) is 0 Å². The first kappa shape index (κ1) is 11.9. The average molecular weight is 230 g/mol. The third kappa shape index (κ3) is 2.57. The van der Waals surface area contributed by atoms with Gasteiger partial charge in [0.2, 0.25) is 0 Å². The summed E-state index contributed by atoms with van der Waals surface area (Å²) in [6, 6.07) is 12.3. The predicted molar refractivity (Wildman–Crippen MR) is 71.1 cm³/mol. The number of benzene rings is 2. The topological polar surface area (TPSA) is 61.3 Å². The van der Waals surface area contributed by atoms with Gasteiger partial charge in [0, 0.05) is 6.04 Å². The Morgan fingerprint density at radius 2 is 1.82 bits per heavy atom. The molecule has 2 aromatic rings. The Bertz CT molecular complexity index is 511. The fourth-order valence-corrected chi connectivity index (χ4v) is 1.95. The lowest BCUT2D eigenvalue weighted by molar-refractivity contribution is 0.415. The van der Waals surface area contributed by atoms with Gasteiger partial charge in [0.05, 0.1) is 7.11 Å². The molecule has 0 saturated carbocycles. The van der Waals surface area contributed by atoms with Crippen molar-refractivity contribution >= 4 is 10.8 Å². The molecule has 17 heavy (non-hydrogen) atoms. The maximum Gasteiger partial charge on any atom is 0.119 e. The van der Waals surface area contributed by atoms with Crippen molar-refractivity contribution in [3.63, 3.8) is 0 Å². The maximum absolute atomic E-state index is 6.05. The Morgan fingerprint density at radius 1 is 1.12 bits per heavy atom. The minimum atomic E-state index is 0.0199. The third-order valence-electron chi connectivity index (χ3n) is 2.98. The van der Waals surface area contributed by atoms with Gasteiger partial charge in [-0.25, -0.2) is 0 Å². The van der Waals surface area contributed by atoms with Gasteiger partial charge in [0.25, 0.3) is 0 Å². The van der Waals surface area contributed by atoms with Crippen molar-refractivity contribution in [2.45, 2.75) is 12.5 Å². The lowest BCUT2D eigenvalue weighted by atomic mass is 10.0. The summed E-state index contributed by atoms with van der Waals surface area (Å²) >= 11 is 0. The molecule has 0 fully saturated rings.